The van der Waals surface area contributed by atoms with Gasteiger partial charge in [0, 0.05) is 36.8 Å². The van der Waals surface area contributed by atoms with Gasteiger partial charge in [0.1, 0.15) is 0 Å². The van der Waals surface area contributed by atoms with Gasteiger partial charge in [-0.3, -0.25) is 0 Å². The number of nitrogens with zero attached hydrogens (tertiary/aromatic N) is 5. The van der Waals surface area contributed by atoms with Gasteiger partial charge < -0.3 is 4.90 Å². The predicted molar refractivity (Wildman–Crippen MR) is 79.0 cm³/mol. The van der Waals surface area contributed by atoms with Crippen LogP contribution in [0, 0.1) is 0 Å². The molecule has 1 aliphatic rings. The quantitative estimate of drug-likeness (QED) is 0.842. The Hall–Kier alpha value is -1.82. The van der Waals surface area contributed by atoms with Crippen molar-refractivity contribution in [2.75, 3.05) is 24.7 Å². The monoisotopic (exact) mass is 273 g/mol. The van der Waals surface area contributed by atoms with Crippen molar-refractivity contribution < 1.29 is 0 Å². The molecule has 5 nitrogen and oxygen atoms in total. The van der Waals surface area contributed by atoms with Crippen molar-refractivity contribution in [3.63, 3.8) is 0 Å². The standard InChI is InChI=1S/C13H15N5S/c1-9-8-19-13-15-14-12(18(13)16-9)10-4-6-11(7-5-10)17(2)3/h4-7H,8H2,1-3H3. The van der Waals surface area contributed by atoms with E-state index in [0.717, 1.165) is 33.7 Å². The molecule has 3 rings (SSSR count). The van der Waals surface area contributed by atoms with Crippen LogP contribution in [-0.2, 0) is 0 Å². The van der Waals surface area contributed by atoms with E-state index in [4.69, 9.17) is 0 Å². The summed E-state index contributed by atoms with van der Waals surface area (Å²) in [5.74, 6) is 1.68. The number of thioether (sulfide) groups is 1. The number of anilines is 1. The first-order chi connectivity index (χ1) is 9.15. The van der Waals surface area contributed by atoms with Gasteiger partial charge in [0.25, 0.3) is 0 Å². The Kier molecular flexibility index (Phi) is 3.02. The topological polar surface area (TPSA) is 46.3 Å². The Morgan fingerprint density at radius 1 is 1.16 bits per heavy atom. The zero-order valence-corrected chi connectivity index (χ0v) is 12.0. The van der Waals surface area contributed by atoms with Gasteiger partial charge in [0.05, 0.1) is 0 Å². The second-order valence-electron chi connectivity index (χ2n) is 4.68. The average molecular weight is 273 g/mol. The van der Waals surface area contributed by atoms with Crippen LogP contribution >= 0.6 is 11.8 Å². The third-order valence-electron chi connectivity index (χ3n) is 2.93. The number of hydrogen-bond acceptors (Lipinski definition) is 5. The highest BCUT2D eigenvalue weighted by Crippen LogP contribution is 2.27. The number of hydrogen-bond donors (Lipinski definition) is 0. The van der Waals surface area contributed by atoms with Crippen molar-refractivity contribution >= 4 is 23.2 Å². The lowest BCUT2D eigenvalue weighted by Gasteiger charge is -2.13. The highest BCUT2D eigenvalue weighted by molar-refractivity contribution is 7.99. The van der Waals surface area contributed by atoms with E-state index in [-0.39, 0.29) is 0 Å². The predicted octanol–water partition coefficient (Wildman–Crippen LogP) is 2.34. The molecular formula is C13H15N5S. The fourth-order valence-electron chi connectivity index (χ4n) is 1.90. The third kappa shape index (κ3) is 2.23. The molecule has 0 radical (unpaired) electrons. The Labute approximate surface area is 116 Å². The van der Waals surface area contributed by atoms with Crippen LogP contribution in [0.4, 0.5) is 5.69 Å². The van der Waals surface area contributed by atoms with E-state index >= 15 is 0 Å². The lowest BCUT2D eigenvalue weighted by molar-refractivity contribution is 0.761. The molecule has 0 unspecified atom stereocenters. The van der Waals surface area contributed by atoms with E-state index in [1.54, 1.807) is 11.8 Å². The van der Waals surface area contributed by atoms with Gasteiger partial charge in [0.2, 0.25) is 5.16 Å². The van der Waals surface area contributed by atoms with E-state index in [9.17, 15) is 0 Å². The molecule has 1 aromatic carbocycles. The van der Waals surface area contributed by atoms with Crippen LogP contribution in [0.15, 0.2) is 34.5 Å². The smallest absolute Gasteiger partial charge is 0.212 e. The molecule has 0 bridgehead atoms. The van der Waals surface area contributed by atoms with Gasteiger partial charge in [-0.2, -0.15) is 9.78 Å². The van der Waals surface area contributed by atoms with Gasteiger partial charge in [0.15, 0.2) is 5.82 Å². The lowest BCUT2D eigenvalue weighted by Crippen LogP contribution is -2.09. The van der Waals surface area contributed by atoms with E-state index in [2.05, 4.69) is 44.5 Å². The highest BCUT2D eigenvalue weighted by Gasteiger charge is 2.18. The molecule has 0 atom stereocenters. The molecule has 2 heterocycles. The largest absolute Gasteiger partial charge is 0.378 e. The van der Waals surface area contributed by atoms with Crippen LogP contribution in [0.1, 0.15) is 6.92 Å². The van der Waals surface area contributed by atoms with Crippen LogP contribution in [0.2, 0.25) is 0 Å². The maximum Gasteiger partial charge on any atom is 0.212 e. The van der Waals surface area contributed by atoms with Crippen LogP contribution in [0.3, 0.4) is 0 Å². The van der Waals surface area contributed by atoms with Crippen LogP contribution < -0.4 is 4.90 Å². The molecular weight excluding hydrogens is 258 g/mol. The van der Waals surface area contributed by atoms with E-state index < -0.39 is 0 Å². The molecule has 0 saturated heterocycles. The van der Waals surface area contributed by atoms with Crippen LogP contribution in [0.5, 0.6) is 0 Å². The van der Waals surface area contributed by atoms with Crippen LogP contribution in [-0.4, -0.2) is 40.4 Å². The number of aromatic nitrogens is 3. The maximum absolute atomic E-state index is 4.52. The number of rotatable bonds is 2. The van der Waals surface area contributed by atoms with Gasteiger partial charge in [-0.1, -0.05) is 11.8 Å². The maximum atomic E-state index is 4.52. The Morgan fingerprint density at radius 3 is 2.58 bits per heavy atom. The minimum Gasteiger partial charge on any atom is -0.378 e. The third-order valence-corrected chi connectivity index (χ3v) is 4.01. The molecule has 1 aromatic heterocycles. The van der Waals surface area contributed by atoms with E-state index in [1.807, 2.05) is 25.7 Å². The average Bonchev–Trinajstić information content (AvgIpc) is 2.81. The second kappa shape index (κ2) is 4.70. The Balaban J connectivity index is 2.02. The van der Waals surface area contributed by atoms with E-state index in [1.165, 1.54) is 0 Å². The summed E-state index contributed by atoms with van der Waals surface area (Å²) in [6.07, 6.45) is 0. The SMILES string of the molecule is CC1=Nn2c(nnc2-c2ccc(N(C)C)cc2)SC1. The Bertz CT molecular complexity index is 627. The molecule has 0 aliphatic carbocycles. The van der Waals surface area contributed by atoms with Crippen molar-refractivity contribution in [1.82, 2.24) is 14.9 Å². The zero-order valence-electron chi connectivity index (χ0n) is 11.2. The summed E-state index contributed by atoms with van der Waals surface area (Å²) < 4.78 is 1.83. The van der Waals surface area contributed by atoms with Gasteiger partial charge in [-0.15, -0.1) is 10.2 Å². The van der Waals surface area contributed by atoms with Gasteiger partial charge >= 0.3 is 0 Å². The summed E-state index contributed by atoms with van der Waals surface area (Å²) in [6.45, 7) is 2.02. The minimum absolute atomic E-state index is 0.798. The molecule has 0 fully saturated rings. The highest BCUT2D eigenvalue weighted by atomic mass is 32.2. The molecule has 19 heavy (non-hydrogen) atoms. The first-order valence-corrected chi connectivity index (χ1v) is 7.04. The molecule has 2 aromatic rings. The number of benzene rings is 1. The summed E-state index contributed by atoms with van der Waals surface area (Å²) in [6, 6.07) is 8.25. The van der Waals surface area contributed by atoms with Gasteiger partial charge in [-0.05, 0) is 31.2 Å². The molecule has 0 amide bonds. The molecule has 0 N–H and O–H groups in total. The second-order valence-corrected chi connectivity index (χ2v) is 5.63. The molecule has 0 spiro atoms. The molecule has 0 saturated carbocycles. The Morgan fingerprint density at radius 2 is 1.89 bits per heavy atom. The fraction of sp³-hybridized carbons (Fsp3) is 0.308. The van der Waals surface area contributed by atoms with Crippen molar-refractivity contribution in [3.8, 4) is 11.4 Å². The van der Waals surface area contributed by atoms with Gasteiger partial charge in [-0.25, -0.2) is 0 Å². The van der Waals surface area contributed by atoms with Crippen molar-refractivity contribution in [3.05, 3.63) is 24.3 Å². The van der Waals surface area contributed by atoms with E-state index in [0.29, 0.717) is 0 Å². The first kappa shape index (κ1) is 12.2. The molecule has 98 valence electrons. The summed E-state index contributed by atoms with van der Waals surface area (Å²) >= 11 is 1.67. The zero-order chi connectivity index (χ0) is 13.4. The summed E-state index contributed by atoms with van der Waals surface area (Å²) in [7, 11) is 4.05. The fourth-order valence-corrected chi connectivity index (χ4v) is 2.65. The molecule has 6 heteroatoms. The lowest BCUT2D eigenvalue weighted by atomic mass is 10.2. The first-order valence-electron chi connectivity index (χ1n) is 6.05. The molecule has 1 aliphatic heterocycles. The summed E-state index contributed by atoms with van der Waals surface area (Å²) in [5, 5.41) is 13.8. The normalized spacial score (nSPS) is 13.9. The summed E-state index contributed by atoms with van der Waals surface area (Å²) in [4.78, 5) is 2.07. The summed E-state index contributed by atoms with van der Waals surface area (Å²) in [5.41, 5.74) is 3.28. The van der Waals surface area contributed by atoms with Crippen molar-refractivity contribution in [2.24, 2.45) is 5.10 Å². The number of fused-ring (bicyclic) bond motifs is 1. The van der Waals surface area contributed by atoms with Crippen molar-refractivity contribution in [2.45, 2.75) is 12.1 Å². The minimum atomic E-state index is 0.798. The van der Waals surface area contributed by atoms with Crippen molar-refractivity contribution in [1.29, 1.82) is 0 Å². The van der Waals surface area contributed by atoms with Crippen LogP contribution in [0.25, 0.3) is 11.4 Å².